The van der Waals surface area contributed by atoms with E-state index in [0.717, 1.165) is 5.56 Å². The second kappa shape index (κ2) is 9.80. The number of thioether (sulfide) groups is 1. The summed E-state index contributed by atoms with van der Waals surface area (Å²) in [6, 6.07) is 20.9. The van der Waals surface area contributed by atoms with E-state index in [0.29, 0.717) is 28.3 Å². The number of nitrogens with one attached hydrogen (secondary N) is 1. The molecule has 154 valence electrons. The van der Waals surface area contributed by atoms with Gasteiger partial charge in [-0.2, -0.15) is 10.5 Å². The van der Waals surface area contributed by atoms with Crippen molar-refractivity contribution in [1.82, 2.24) is 4.98 Å². The van der Waals surface area contributed by atoms with Crippen LogP contribution in [0.25, 0.3) is 11.1 Å². The van der Waals surface area contributed by atoms with Gasteiger partial charge in [0.1, 0.15) is 28.5 Å². The number of anilines is 2. The molecule has 3 aromatic rings. The topological polar surface area (TPSA) is 116 Å². The number of rotatable bonds is 6. The number of carbonyl (C=O) groups is 1. The van der Waals surface area contributed by atoms with Crippen molar-refractivity contribution in [2.24, 2.45) is 0 Å². The number of benzene rings is 2. The Bertz CT molecular complexity index is 1200. The van der Waals surface area contributed by atoms with Crippen LogP contribution >= 0.6 is 11.8 Å². The average Bonchev–Trinajstić information content (AvgIpc) is 2.77. The third-order valence-electron chi connectivity index (χ3n) is 4.68. The van der Waals surface area contributed by atoms with Crippen LogP contribution in [-0.2, 0) is 4.79 Å². The molecule has 1 aromatic heterocycles. The quantitative estimate of drug-likeness (QED) is 0.541. The third kappa shape index (κ3) is 4.85. The number of aryl methyl sites for hydroxylation is 1. The molecule has 31 heavy (non-hydrogen) atoms. The molecule has 6 nitrogen and oxygen atoms in total. The molecule has 1 unspecified atom stereocenters. The van der Waals surface area contributed by atoms with E-state index < -0.39 is 5.25 Å². The molecule has 3 N–H and O–H groups in total. The maximum Gasteiger partial charge on any atom is 0.237 e. The van der Waals surface area contributed by atoms with Crippen LogP contribution < -0.4 is 11.1 Å². The van der Waals surface area contributed by atoms with E-state index in [2.05, 4.69) is 22.4 Å². The lowest BCUT2D eigenvalue weighted by molar-refractivity contribution is -0.115. The van der Waals surface area contributed by atoms with Gasteiger partial charge >= 0.3 is 0 Å². The minimum atomic E-state index is -0.490. The summed E-state index contributed by atoms with van der Waals surface area (Å²) in [6.45, 7) is 3.85. The first-order valence-corrected chi connectivity index (χ1v) is 10.6. The average molecular weight is 428 g/mol. The van der Waals surface area contributed by atoms with Crippen molar-refractivity contribution in [2.45, 2.75) is 30.5 Å². The van der Waals surface area contributed by atoms with E-state index >= 15 is 0 Å². The largest absolute Gasteiger partial charge is 0.383 e. The van der Waals surface area contributed by atoms with E-state index in [4.69, 9.17) is 5.73 Å². The summed E-state index contributed by atoms with van der Waals surface area (Å²) < 4.78 is 0. The van der Waals surface area contributed by atoms with Crippen LogP contribution in [0.5, 0.6) is 0 Å². The van der Waals surface area contributed by atoms with Gasteiger partial charge < -0.3 is 11.1 Å². The predicted molar refractivity (Wildman–Crippen MR) is 123 cm³/mol. The summed E-state index contributed by atoms with van der Waals surface area (Å²) in [4.78, 5) is 17.2. The van der Waals surface area contributed by atoms with Gasteiger partial charge in [-0.15, -0.1) is 0 Å². The number of nitrogen functional groups attached to an aromatic ring is 1. The number of nitrogens with two attached hydrogens (primary N) is 1. The van der Waals surface area contributed by atoms with Gasteiger partial charge in [0, 0.05) is 11.3 Å². The molecule has 0 radical (unpaired) electrons. The van der Waals surface area contributed by atoms with Crippen molar-refractivity contribution in [3.63, 3.8) is 0 Å². The summed E-state index contributed by atoms with van der Waals surface area (Å²) in [5.74, 6) is -0.148. The first-order valence-electron chi connectivity index (χ1n) is 9.71. The van der Waals surface area contributed by atoms with Crippen LogP contribution in [0.3, 0.4) is 0 Å². The van der Waals surface area contributed by atoms with Crippen molar-refractivity contribution in [2.75, 3.05) is 11.1 Å². The van der Waals surface area contributed by atoms with E-state index in [1.165, 1.54) is 11.8 Å². The van der Waals surface area contributed by atoms with Gasteiger partial charge in [0.2, 0.25) is 5.91 Å². The Balaban J connectivity index is 2.00. The molecule has 7 heteroatoms. The monoisotopic (exact) mass is 427 g/mol. The number of hydrogen-bond acceptors (Lipinski definition) is 6. The minimum Gasteiger partial charge on any atom is -0.383 e. The molecule has 0 aliphatic heterocycles. The molecule has 0 saturated carbocycles. The van der Waals surface area contributed by atoms with Gasteiger partial charge in [-0.05, 0) is 36.6 Å². The van der Waals surface area contributed by atoms with Crippen LogP contribution in [-0.4, -0.2) is 16.1 Å². The maximum atomic E-state index is 12.9. The number of hydrogen-bond donors (Lipinski definition) is 2. The standard InChI is InChI=1S/C24H21N5OS/c1-3-20(23(30)28-17-11-7-8-15(2)12-17)31-24-19(14-26)21(16-9-5-4-6-10-16)18(13-25)22(27)29-24/h4-12,20H,3H2,1-2H3,(H2,27,29)(H,28,30). The maximum absolute atomic E-state index is 12.9. The fourth-order valence-electron chi connectivity index (χ4n) is 3.18. The SMILES string of the molecule is CCC(Sc1nc(N)c(C#N)c(-c2ccccc2)c1C#N)C(=O)Nc1cccc(C)c1. The lowest BCUT2D eigenvalue weighted by Gasteiger charge is -2.17. The van der Waals surface area contributed by atoms with Gasteiger partial charge in [0.05, 0.1) is 10.8 Å². The molecule has 1 heterocycles. The summed E-state index contributed by atoms with van der Waals surface area (Å²) in [5.41, 5.74) is 9.36. The van der Waals surface area contributed by atoms with E-state index in [1.54, 1.807) is 0 Å². The highest BCUT2D eigenvalue weighted by Gasteiger charge is 2.25. The normalized spacial score (nSPS) is 11.2. The Morgan fingerprint density at radius 1 is 1.13 bits per heavy atom. The molecule has 0 spiro atoms. The third-order valence-corrected chi connectivity index (χ3v) is 6.03. The Morgan fingerprint density at radius 2 is 1.84 bits per heavy atom. The number of aromatic nitrogens is 1. The Labute approximate surface area is 185 Å². The van der Waals surface area contributed by atoms with Crippen LogP contribution in [0.15, 0.2) is 59.6 Å². The molecular formula is C24H21N5OS. The molecule has 1 amide bonds. The highest BCUT2D eigenvalue weighted by molar-refractivity contribution is 8.00. The summed E-state index contributed by atoms with van der Waals surface area (Å²) in [7, 11) is 0. The number of pyridine rings is 1. The Kier molecular flexibility index (Phi) is 6.92. The van der Waals surface area contributed by atoms with Crippen molar-refractivity contribution in [3.8, 4) is 23.3 Å². The molecule has 0 aliphatic rings. The highest BCUT2D eigenvalue weighted by atomic mass is 32.2. The second-order valence-corrected chi connectivity index (χ2v) is 8.08. The van der Waals surface area contributed by atoms with E-state index in [9.17, 15) is 15.3 Å². The lowest BCUT2D eigenvalue weighted by Crippen LogP contribution is -2.25. The fourth-order valence-corrected chi connectivity index (χ4v) is 4.20. The second-order valence-electron chi connectivity index (χ2n) is 6.89. The van der Waals surface area contributed by atoms with Gasteiger partial charge in [-0.25, -0.2) is 4.98 Å². The molecule has 3 rings (SSSR count). The molecular weight excluding hydrogens is 406 g/mol. The van der Waals surface area contributed by atoms with Crippen LogP contribution in [0, 0.1) is 29.6 Å². The molecule has 2 aromatic carbocycles. The predicted octanol–water partition coefficient (Wildman–Crippen LogP) is 4.89. The Morgan fingerprint density at radius 3 is 2.45 bits per heavy atom. The minimum absolute atomic E-state index is 0.0387. The van der Waals surface area contributed by atoms with Gasteiger partial charge in [0.25, 0.3) is 0 Å². The molecule has 1 atom stereocenters. The summed E-state index contributed by atoms with van der Waals surface area (Å²) >= 11 is 1.18. The van der Waals surface area contributed by atoms with E-state index in [1.807, 2.05) is 68.4 Å². The number of amides is 1. The smallest absolute Gasteiger partial charge is 0.237 e. The lowest BCUT2D eigenvalue weighted by atomic mass is 9.97. The zero-order valence-corrected chi connectivity index (χ0v) is 18.0. The van der Waals surface area contributed by atoms with Crippen molar-refractivity contribution in [1.29, 1.82) is 10.5 Å². The van der Waals surface area contributed by atoms with Crippen LogP contribution in [0.4, 0.5) is 11.5 Å². The van der Waals surface area contributed by atoms with Crippen molar-refractivity contribution >= 4 is 29.2 Å². The molecule has 0 saturated heterocycles. The van der Waals surface area contributed by atoms with Crippen molar-refractivity contribution < 1.29 is 4.79 Å². The van der Waals surface area contributed by atoms with Crippen LogP contribution in [0.1, 0.15) is 30.0 Å². The zero-order valence-electron chi connectivity index (χ0n) is 17.2. The molecule has 0 aliphatic carbocycles. The Hall–Kier alpha value is -3.81. The van der Waals surface area contributed by atoms with Crippen molar-refractivity contribution in [3.05, 3.63) is 71.3 Å². The van der Waals surface area contributed by atoms with Gasteiger partial charge in [0.15, 0.2) is 0 Å². The number of carbonyl (C=O) groups excluding carboxylic acids is 1. The first-order chi connectivity index (χ1) is 15.0. The van der Waals surface area contributed by atoms with Gasteiger partial charge in [-0.1, -0.05) is 61.2 Å². The summed E-state index contributed by atoms with van der Waals surface area (Å²) in [5, 5.41) is 22.3. The van der Waals surface area contributed by atoms with Gasteiger partial charge in [-0.3, -0.25) is 4.79 Å². The number of nitriles is 2. The number of nitrogens with zero attached hydrogens (tertiary/aromatic N) is 3. The molecule has 0 fully saturated rings. The summed E-state index contributed by atoms with van der Waals surface area (Å²) in [6.07, 6.45) is 0.523. The van der Waals surface area contributed by atoms with E-state index in [-0.39, 0.29) is 22.9 Å². The fraction of sp³-hybridized carbons (Fsp3) is 0.167. The van der Waals surface area contributed by atoms with Crippen LogP contribution in [0.2, 0.25) is 0 Å². The first kappa shape index (κ1) is 21.9. The molecule has 0 bridgehead atoms. The highest BCUT2D eigenvalue weighted by Crippen LogP contribution is 2.37. The zero-order chi connectivity index (χ0) is 22.4.